The molecule has 1 atom stereocenters. The molecule has 134 valence electrons. The predicted octanol–water partition coefficient (Wildman–Crippen LogP) is 4.77. The van der Waals surface area contributed by atoms with Crippen LogP contribution < -0.4 is 10.6 Å². The number of nitrogens with zero attached hydrogens (tertiary/aromatic N) is 2. The Morgan fingerprint density at radius 2 is 1.85 bits per heavy atom. The molecular formula is C20H21ClN4S. The van der Waals surface area contributed by atoms with Gasteiger partial charge >= 0.3 is 0 Å². The third-order valence-corrected chi connectivity index (χ3v) is 4.83. The topological polar surface area (TPSA) is 41.9 Å². The Bertz CT molecular complexity index is 918. The molecule has 0 saturated heterocycles. The van der Waals surface area contributed by atoms with E-state index in [4.69, 9.17) is 23.8 Å². The van der Waals surface area contributed by atoms with Crippen LogP contribution in [-0.2, 0) is 7.05 Å². The molecule has 0 amide bonds. The van der Waals surface area contributed by atoms with Gasteiger partial charge in [-0.2, -0.15) is 0 Å². The van der Waals surface area contributed by atoms with Gasteiger partial charge in [0.1, 0.15) is 11.9 Å². The van der Waals surface area contributed by atoms with Crippen LogP contribution >= 0.6 is 23.8 Å². The molecule has 6 heteroatoms. The molecule has 0 bridgehead atoms. The fourth-order valence-corrected chi connectivity index (χ4v) is 3.09. The van der Waals surface area contributed by atoms with E-state index < -0.39 is 0 Å². The van der Waals surface area contributed by atoms with Crippen molar-refractivity contribution in [3.8, 4) is 0 Å². The van der Waals surface area contributed by atoms with Crippen LogP contribution in [0.4, 0.5) is 5.69 Å². The van der Waals surface area contributed by atoms with E-state index in [9.17, 15) is 0 Å². The molecule has 4 nitrogen and oxygen atoms in total. The number of thiocarbonyl (C=S) groups is 1. The van der Waals surface area contributed by atoms with E-state index in [1.807, 2.05) is 48.1 Å². The van der Waals surface area contributed by atoms with E-state index in [0.717, 1.165) is 17.1 Å². The van der Waals surface area contributed by atoms with E-state index in [1.165, 1.54) is 11.1 Å². The van der Waals surface area contributed by atoms with Gasteiger partial charge in [0, 0.05) is 30.2 Å². The number of aromatic nitrogens is 2. The van der Waals surface area contributed by atoms with Gasteiger partial charge in [-0.3, -0.25) is 0 Å². The highest BCUT2D eigenvalue weighted by Gasteiger charge is 2.19. The summed E-state index contributed by atoms with van der Waals surface area (Å²) in [6.07, 6.45) is 3.69. The van der Waals surface area contributed by atoms with Crippen LogP contribution in [-0.4, -0.2) is 14.7 Å². The first kappa shape index (κ1) is 18.4. The van der Waals surface area contributed by atoms with Crippen molar-refractivity contribution in [1.29, 1.82) is 0 Å². The van der Waals surface area contributed by atoms with Gasteiger partial charge in [-0.1, -0.05) is 29.8 Å². The SMILES string of the molecule is Cc1ccc(NC(=S)N[C@H](c2ccc(Cl)cc2)c2nccn2C)cc1C. The van der Waals surface area contributed by atoms with Gasteiger partial charge in [-0.25, -0.2) is 4.98 Å². The number of imidazole rings is 1. The highest BCUT2D eigenvalue weighted by atomic mass is 35.5. The minimum absolute atomic E-state index is 0.182. The lowest BCUT2D eigenvalue weighted by Crippen LogP contribution is -2.34. The maximum absolute atomic E-state index is 6.03. The summed E-state index contributed by atoms with van der Waals surface area (Å²) in [5.74, 6) is 0.872. The van der Waals surface area contributed by atoms with Crippen LogP contribution in [0.15, 0.2) is 54.9 Å². The molecule has 26 heavy (non-hydrogen) atoms. The smallest absolute Gasteiger partial charge is 0.171 e. The summed E-state index contributed by atoms with van der Waals surface area (Å²) < 4.78 is 1.98. The predicted molar refractivity (Wildman–Crippen MR) is 112 cm³/mol. The summed E-state index contributed by atoms with van der Waals surface area (Å²) in [5.41, 5.74) is 4.46. The Hall–Kier alpha value is -2.37. The van der Waals surface area contributed by atoms with Gasteiger partial charge in [0.2, 0.25) is 0 Å². The van der Waals surface area contributed by atoms with E-state index in [-0.39, 0.29) is 6.04 Å². The molecule has 0 spiro atoms. The average molecular weight is 385 g/mol. The van der Waals surface area contributed by atoms with Crippen molar-refractivity contribution in [1.82, 2.24) is 14.9 Å². The van der Waals surface area contributed by atoms with E-state index >= 15 is 0 Å². The number of nitrogens with one attached hydrogen (secondary N) is 2. The first-order chi connectivity index (χ1) is 12.4. The van der Waals surface area contributed by atoms with Gasteiger partial charge in [-0.15, -0.1) is 0 Å². The summed E-state index contributed by atoms with van der Waals surface area (Å²) in [6.45, 7) is 4.18. The minimum Gasteiger partial charge on any atom is -0.348 e. The zero-order valence-electron chi connectivity index (χ0n) is 15.0. The molecule has 2 aromatic carbocycles. The first-order valence-electron chi connectivity index (χ1n) is 8.31. The molecule has 0 fully saturated rings. The van der Waals surface area contributed by atoms with Gasteiger partial charge in [0.15, 0.2) is 5.11 Å². The Morgan fingerprint density at radius 1 is 1.12 bits per heavy atom. The zero-order chi connectivity index (χ0) is 18.7. The largest absolute Gasteiger partial charge is 0.348 e. The lowest BCUT2D eigenvalue weighted by Gasteiger charge is -2.21. The Labute approximate surface area is 164 Å². The molecule has 3 aromatic rings. The number of halogens is 1. The highest BCUT2D eigenvalue weighted by Crippen LogP contribution is 2.23. The molecule has 1 aromatic heterocycles. The fourth-order valence-electron chi connectivity index (χ4n) is 2.72. The molecule has 0 aliphatic rings. The number of benzene rings is 2. The van der Waals surface area contributed by atoms with Gasteiger partial charge in [-0.05, 0) is 67.0 Å². The fraction of sp³-hybridized carbons (Fsp3) is 0.200. The standard InChI is InChI=1S/C20H21ClN4S/c1-13-4-9-17(12-14(13)2)23-20(26)24-18(19-22-10-11-25(19)3)15-5-7-16(21)8-6-15/h4-12,18H,1-3H3,(H2,23,24,26)/t18-/m1/s1. The van der Waals surface area contributed by atoms with Crippen LogP contribution in [0.5, 0.6) is 0 Å². The third-order valence-electron chi connectivity index (χ3n) is 4.36. The molecule has 0 unspecified atom stereocenters. The Kier molecular flexibility index (Phi) is 5.59. The number of hydrogen-bond donors (Lipinski definition) is 2. The molecule has 0 aliphatic heterocycles. The quantitative estimate of drug-likeness (QED) is 0.636. The third kappa shape index (κ3) is 4.23. The summed E-state index contributed by atoms with van der Waals surface area (Å²) in [4.78, 5) is 4.48. The summed E-state index contributed by atoms with van der Waals surface area (Å²) in [6, 6.07) is 13.7. The number of anilines is 1. The molecule has 1 heterocycles. The molecule has 3 rings (SSSR count). The van der Waals surface area contributed by atoms with Crippen LogP contribution in [0.2, 0.25) is 5.02 Å². The number of aryl methyl sites for hydroxylation is 3. The summed E-state index contributed by atoms with van der Waals surface area (Å²) >= 11 is 11.6. The lowest BCUT2D eigenvalue weighted by atomic mass is 10.1. The second-order valence-corrected chi connectivity index (χ2v) is 7.12. The first-order valence-corrected chi connectivity index (χ1v) is 9.10. The van der Waals surface area contributed by atoms with Crippen molar-refractivity contribution in [2.45, 2.75) is 19.9 Å². The maximum atomic E-state index is 6.03. The lowest BCUT2D eigenvalue weighted by molar-refractivity contribution is 0.664. The summed E-state index contributed by atoms with van der Waals surface area (Å²) in [7, 11) is 1.97. The van der Waals surface area contributed by atoms with Crippen molar-refractivity contribution in [3.05, 3.63) is 82.4 Å². The van der Waals surface area contributed by atoms with Crippen LogP contribution in [0.3, 0.4) is 0 Å². The number of hydrogen-bond acceptors (Lipinski definition) is 2. The van der Waals surface area contributed by atoms with Gasteiger partial charge < -0.3 is 15.2 Å². The zero-order valence-corrected chi connectivity index (χ0v) is 16.5. The Balaban J connectivity index is 1.83. The highest BCUT2D eigenvalue weighted by molar-refractivity contribution is 7.80. The molecule has 0 aliphatic carbocycles. The van der Waals surface area contributed by atoms with E-state index in [2.05, 4.69) is 41.6 Å². The van der Waals surface area contributed by atoms with Crippen LogP contribution in [0.1, 0.15) is 28.6 Å². The van der Waals surface area contributed by atoms with Gasteiger partial charge in [0.05, 0.1) is 0 Å². The monoisotopic (exact) mass is 384 g/mol. The second kappa shape index (κ2) is 7.89. The number of rotatable bonds is 4. The van der Waals surface area contributed by atoms with E-state index in [0.29, 0.717) is 10.1 Å². The van der Waals surface area contributed by atoms with Crippen molar-refractivity contribution >= 4 is 34.6 Å². The molecule has 2 N–H and O–H groups in total. The van der Waals surface area contributed by atoms with Crippen LogP contribution in [0.25, 0.3) is 0 Å². The van der Waals surface area contributed by atoms with Crippen molar-refractivity contribution < 1.29 is 0 Å². The normalized spacial score (nSPS) is 11.8. The summed E-state index contributed by atoms with van der Waals surface area (Å²) in [5, 5.41) is 7.87. The van der Waals surface area contributed by atoms with Gasteiger partial charge in [0.25, 0.3) is 0 Å². The minimum atomic E-state index is -0.182. The van der Waals surface area contributed by atoms with E-state index in [1.54, 1.807) is 6.20 Å². The van der Waals surface area contributed by atoms with Crippen molar-refractivity contribution in [2.24, 2.45) is 7.05 Å². The van der Waals surface area contributed by atoms with Crippen LogP contribution in [0, 0.1) is 13.8 Å². The molecule has 0 saturated carbocycles. The maximum Gasteiger partial charge on any atom is 0.171 e. The molecular weight excluding hydrogens is 364 g/mol. The average Bonchev–Trinajstić information content (AvgIpc) is 3.03. The van der Waals surface area contributed by atoms with Crippen molar-refractivity contribution in [2.75, 3.05) is 5.32 Å². The molecule has 0 radical (unpaired) electrons. The van der Waals surface area contributed by atoms with Crippen molar-refractivity contribution in [3.63, 3.8) is 0 Å². The second-order valence-electron chi connectivity index (χ2n) is 6.28. The Morgan fingerprint density at radius 3 is 2.46 bits per heavy atom.